The molecular weight excluding hydrogens is 203 g/mol. The van der Waals surface area contributed by atoms with E-state index in [0.717, 1.165) is 17.8 Å². The molecule has 1 aromatic rings. The Labute approximate surface area is 96.5 Å². The summed E-state index contributed by atoms with van der Waals surface area (Å²) >= 11 is 0. The van der Waals surface area contributed by atoms with Crippen LogP contribution < -0.4 is 10.2 Å². The summed E-state index contributed by atoms with van der Waals surface area (Å²) in [5, 5.41) is 3.06. The minimum absolute atomic E-state index is 0.137. The predicted molar refractivity (Wildman–Crippen MR) is 65.2 cm³/mol. The first-order valence-electron chi connectivity index (χ1n) is 5.91. The summed E-state index contributed by atoms with van der Waals surface area (Å²) in [6.07, 6.45) is 2.41. The highest BCUT2D eigenvalue weighted by Gasteiger charge is 2.21. The lowest BCUT2D eigenvalue weighted by atomic mass is 10.1. The van der Waals surface area contributed by atoms with Crippen molar-refractivity contribution in [2.24, 2.45) is 0 Å². The van der Waals surface area contributed by atoms with E-state index in [4.69, 9.17) is 0 Å². The maximum atomic E-state index is 13.5. The minimum atomic E-state index is -0.137. The van der Waals surface area contributed by atoms with Crippen LogP contribution in [0.15, 0.2) is 18.2 Å². The van der Waals surface area contributed by atoms with Crippen molar-refractivity contribution in [2.45, 2.75) is 32.4 Å². The van der Waals surface area contributed by atoms with Crippen LogP contribution >= 0.6 is 0 Å². The van der Waals surface area contributed by atoms with Crippen molar-refractivity contribution >= 4 is 5.69 Å². The highest BCUT2D eigenvalue weighted by molar-refractivity contribution is 5.50. The molecule has 1 N–H and O–H groups in total. The third-order valence-corrected chi connectivity index (χ3v) is 3.21. The van der Waals surface area contributed by atoms with Crippen LogP contribution in [0.3, 0.4) is 0 Å². The molecule has 2 rings (SSSR count). The first kappa shape index (κ1) is 11.4. The Morgan fingerprint density at radius 2 is 2.25 bits per heavy atom. The fraction of sp³-hybridized carbons (Fsp3) is 0.538. The van der Waals surface area contributed by atoms with E-state index in [1.165, 1.54) is 12.8 Å². The van der Waals surface area contributed by atoms with E-state index < -0.39 is 0 Å². The Morgan fingerprint density at radius 1 is 1.44 bits per heavy atom. The van der Waals surface area contributed by atoms with E-state index in [-0.39, 0.29) is 5.82 Å². The number of nitrogens with zero attached hydrogens (tertiary/aromatic N) is 1. The van der Waals surface area contributed by atoms with Crippen LogP contribution in [0.4, 0.5) is 10.1 Å². The molecule has 0 bridgehead atoms. The molecule has 0 aliphatic carbocycles. The molecule has 88 valence electrons. The van der Waals surface area contributed by atoms with Gasteiger partial charge in [-0.3, -0.25) is 0 Å². The smallest absolute Gasteiger partial charge is 0.125 e. The van der Waals surface area contributed by atoms with E-state index in [2.05, 4.69) is 23.2 Å². The summed E-state index contributed by atoms with van der Waals surface area (Å²) in [6.45, 7) is 3.96. The number of hydrogen-bond donors (Lipinski definition) is 1. The monoisotopic (exact) mass is 222 g/mol. The fourth-order valence-electron chi connectivity index (χ4n) is 2.42. The van der Waals surface area contributed by atoms with Crippen LogP contribution in [0.5, 0.6) is 0 Å². The Hall–Kier alpha value is -1.09. The lowest BCUT2D eigenvalue weighted by Gasteiger charge is -2.24. The SMILES string of the molecule is CNCc1cc(F)cc(N2CCCC2C)c1. The molecule has 2 nitrogen and oxygen atoms in total. The molecule has 1 atom stereocenters. The Bertz CT molecular complexity index is 365. The highest BCUT2D eigenvalue weighted by Crippen LogP contribution is 2.26. The van der Waals surface area contributed by atoms with Gasteiger partial charge in [0.25, 0.3) is 0 Å². The second-order valence-corrected chi connectivity index (χ2v) is 4.53. The molecular formula is C13H19FN2. The van der Waals surface area contributed by atoms with E-state index in [1.807, 2.05) is 7.05 Å². The zero-order valence-corrected chi connectivity index (χ0v) is 9.96. The molecule has 0 saturated carbocycles. The Morgan fingerprint density at radius 3 is 2.88 bits per heavy atom. The molecule has 0 radical (unpaired) electrons. The zero-order chi connectivity index (χ0) is 11.5. The van der Waals surface area contributed by atoms with Gasteiger partial charge < -0.3 is 10.2 Å². The number of anilines is 1. The molecule has 1 aliphatic rings. The molecule has 1 unspecified atom stereocenters. The molecule has 0 spiro atoms. The number of benzene rings is 1. The Balaban J connectivity index is 2.25. The second-order valence-electron chi connectivity index (χ2n) is 4.53. The van der Waals surface area contributed by atoms with Gasteiger partial charge in [-0.05, 0) is 50.6 Å². The van der Waals surface area contributed by atoms with Crippen LogP contribution in [0.25, 0.3) is 0 Å². The molecule has 3 heteroatoms. The van der Waals surface area contributed by atoms with Gasteiger partial charge in [-0.25, -0.2) is 4.39 Å². The maximum absolute atomic E-state index is 13.5. The molecule has 16 heavy (non-hydrogen) atoms. The van der Waals surface area contributed by atoms with Crippen LogP contribution in [0.1, 0.15) is 25.3 Å². The quantitative estimate of drug-likeness (QED) is 0.845. The predicted octanol–water partition coefficient (Wildman–Crippen LogP) is 2.53. The van der Waals surface area contributed by atoms with Gasteiger partial charge in [0, 0.05) is 24.8 Å². The van der Waals surface area contributed by atoms with Crippen molar-refractivity contribution < 1.29 is 4.39 Å². The van der Waals surface area contributed by atoms with Crippen LogP contribution in [0.2, 0.25) is 0 Å². The summed E-state index contributed by atoms with van der Waals surface area (Å²) in [5.74, 6) is -0.137. The van der Waals surface area contributed by atoms with Crippen molar-refractivity contribution in [1.82, 2.24) is 5.32 Å². The average molecular weight is 222 g/mol. The molecule has 0 amide bonds. The van der Waals surface area contributed by atoms with Crippen LogP contribution in [-0.4, -0.2) is 19.6 Å². The van der Waals surface area contributed by atoms with Crippen molar-refractivity contribution in [3.63, 3.8) is 0 Å². The number of hydrogen-bond acceptors (Lipinski definition) is 2. The topological polar surface area (TPSA) is 15.3 Å². The van der Waals surface area contributed by atoms with Gasteiger partial charge >= 0.3 is 0 Å². The van der Waals surface area contributed by atoms with Crippen molar-refractivity contribution in [3.8, 4) is 0 Å². The largest absolute Gasteiger partial charge is 0.369 e. The van der Waals surface area contributed by atoms with Crippen molar-refractivity contribution in [2.75, 3.05) is 18.5 Å². The van der Waals surface area contributed by atoms with E-state index >= 15 is 0 Å². The summed E-state index contributed by atoms with van der Waals surface area (Å²) in [5.41, 5.74) is 2.03. The summed E-state index contributed by atoms with van der Waals surface area (Å²) in [4.78, 5) is 2.29. The molecule has 1 aliphatic heterocycles. The van der Waals surface area contributed by atoms with Gasteiger partial charge in [0.2, 0.25) is 0 Å². The molecule has 1 heterocycles. The third kappa shape index (κ3) is 2.35. The second kappa shape index (κ2) is 4.83. The molecule has 1 saturated heterocycles. The fourth-order valence-corrected chi connectivity index (χ4v) is 2.42. The van der Waals surface area contributed by atoms with Crippen LogP contribution in [-0.2, 0) is 6.54 Å². The number of halogens is 1. The first-order valence-corrected chi connectivity index (χ1v) is 5.91. The van der Waals surface area contributed by atoms with Crippen LogP contribution in [0, 0.1) is 5.82 Å². The molecule has 0 aromatic heterocycles. The number of rotatable bonds is 3. The third-order valence-electron chi connectivity index (χ3n) is 3.21. The highest BCUT2D eigenvalue weighted by atomic mass is 19.1. The van der Waals surface area contributed by atoms with E-state index in [0.29, 0.717) is 12.6 Å². The summed E-state index contributed by atoms with van der Waals surface area (Å²) < 4.78 is 13.5. The number of nitrogens with one attached hydrogen (secondary N) is 1. The lowest BCUT2D eigenvalue weighted by molar-refractivity contribution is 0.621. The van der Waals surface area contributed by atoms with Crippen molar-refractivity contribution in [3.05, 3.63) is 29.6 Å². The molecule has 1 fully saturated rings. The average Bonchev–Trinajstić information content (AvgIpc) is 2.64. The summed E-state index contributed by atoms with van der Waals surface area (Å²) in [7, 11) is 1.88. The van der Waals surface area contributed by atoms with E-state index in [1.54, 1.807) is 12.1 Å². The lowest BCUT2D eigenvalue weighted by Crippen LogP contribution is -2.26. The standard InChI is InChI=1S/C13H19FN2/c1-10-4-3-5-16(10)13-7-11(9-15-2)6-12(14)8-13/h6-8,10,15H,3-5,9H2,1-2H3. The van der Waals surface area contributed by atoms with E-state index in [9.17, 15) is 4.39 Å². The van der Waals surface area contributed by atoms with Gasteiger partial charge in [-0.15, -0.1) is 0 Å². The van der Waals surface area contributed by atoms with Gasteiger partial charge in [-0.1, -0.05) is 0 Å². The first-order chi connectivity index (χ1) is 7.70. The van der Waals surface area contributed by atoms with Gasteiger partial charge in [0.15, 0.2) is 0 Å². The Kier molecular flexibility index (Phi) is 3.44. The summed E-state index contributed by atoms with van der Waals surface area (Å²) in [6, 6.07) is 5.85. The van der Waals surface area contributed by atoms with Gasteiger partial charge in [0.05, 0.1) is 0 Å². The maximum Gasteiger partial charge on any atom is 0.125 e. The zero-order valence-electron chi connectivity index (χ0n) is 9.96. The molecule has 1 aromatic carbocycles. The normalized spacial score (nSPS) is 20.4. The van der Waals surface area contributed by atoms with Gasteiger partial charge in [-0.2, -0.15) is 0 Å². The minimum Gasteiger partial charge on any atom is -0.369 e. The van der Waals surface area contributed by atoms with Crippen molar-refractivity contribution in [1.29, 1.82) is 0 Å². The van der Waals surface area contributed by atoms with Gasteiger partial charge in [0.1, 0.15) is 5.82 Å².